The van der Waals surface area contributed by atoms with Crippen molar-refractivity contribution in [3.05, 3.63) is 23.8 Å². The van der Waals surface area contributed by atoms with E-state index < -0.39 is 0 Å². The summed E-state index contributed by atoms with van der Waals surface area (Å²) in [6, 6.07) is 6.06. The largest absolute Gasteiger partial charge is 0.495 e. The first-order valence-electron chi connectivity index (χ1n) is 6.84. The van der Waals surface area contributed by atoms with Crippen molar-refractivity contribution in [1.82, 2.24) is 4.90 Å². The van der Waals surface area contributed by atoms with Gasteiger partial charge in [0.2, 0.25) is 0 Å². The molecule has 1 aromatic rings. The van der Waals surface area contributed by atoms with Gasteiger partial charge in [0.1, 0.15) is 5.75 Å². The molecule has 1 fully saturated rings. The summed E-state index contributed by atoms with van der Waals surface area (Å²) in [7, 11) is 1.61. The molecule has 1 atom stereocenters. The lowest BCUT2D eigenvalue weighted by Gasteiger charge is -2.33. The van der Waals surface area contributed by atoms with Crippen LogP contribution in [0.2, 0.25) is 0 Å². The van der Waals surface area contributed by atoms with Gasteiger partial charge in [-0.15, -0.1) is 0 Å². The van der Waals surface area contributed by atoms with Crippen LogP contribution < -0.4 is 10.1 Å². The van der Waals surface area contributed by atoms with E-state index in [4.69, 9.17) is 4.74 Å². The summed E-state index contributed by atoms with van der Waals surface area (Å²) in [6.07, 6.45) is 3.37. The minimum atomic E-state index is -0.0314. The molecule has 104 valence electrons. The number of benzene rings is 1. The normalized spacial score (nSPS) is 19.1. The lowest BCUT2D eigenvalue weighted by atomic mass is 10.0. The molecular weight excluding hydrogens is 240 g/mol. The molecule has 0 aliphatic carbocycles. The fourth-order valence-electron chi connectivity index (χ4n) is 2.51. The Bertz CT molecular complexity index is 459. The zero-order chi connectivity index (χ0) is 13.8. The monoisotopic (exact) mass is 262 g/mol. The van der Waals surface area contributed by atoms with Gasteiger partial charge < -0.3 is 15.0 Å². The lowest BCUT2D eigenvalue weighted by Crippen LogP contribution is -2.44. The number of aryl methyl sites for hydroxylation is 1. The minimum absolute atomic E-state index is 0.0314. The summed E-state index contributed by atoms with van der Waals surface area (Å²) >= 11 is 0. The van der Waals surface area contributed by atoms with Crippen LogP contribution in [-0.2, 0) is 0 Å². The van der Waals surface area contributed by atoms with Crippen molar-refractivity contribution in [3.8, 4) is 5.75 Å². The number of likely N-dealkylation sites (tertiary alicyclic amines) is 1. The van der Waals surface area contributed by atoms with Crippen LogP contribution in [0.15, 0.2) is 18.2 Å². The molecule has 1 heterocycles. The van der Waals surface area contributed by atoms with Gasteiger partial charge in [0.15, 0.2) is 0 Å². The van der Waals surface area contributed by atoms with Crippen LogP contribution in [0.3, 0.4) is 0 Å². The topological polar surface area (TPSA) is 41.6 Å². The van der Waals surface area contributed by atoms with E-state index >= 15 is 0 Å². The predicted molar refractivity (Wildman–Crippen MR) is 76.8 cm³/mol. The molecule has 19 heavy (non-hydrogen) atoms. The van der Waals surface area contributed by atoms with Gasteiger partial charge in [0.25, 0.3) is 0 Å². The number of ether oxygens (including phenoxy) is 1. The van der Waals surface area contributed by atoms with Crippen LogP contribution in [0, 0.1) is 6.92 Å². The number of methoxy groups -OCH3 is 1. The number of urea groups is 1. The Morgan fingerprint density at radius 2 is 2.21 bits per heavy atom. The quantitative estimate of drug-likeness (QED) is 0.887. The van der Waals surface area contributed by atoms with Crippen molar-refractivity contribution >= 4 is 11.7 Å². The minimum Gasteiger partial charge on any atom is -0.495 e. The number of nitrogens with one attached hydrogen (secondary N) is 1. The molecule has 1 saturated heterocycles. The predicted octanol–water partition coefficient (Wildman–Crippen LogP) is 3.41. The van der Waals surface area contributed by atoms with E-state index in [1.807, 2.05) is 30.0 Å². The van der Waals surface area contributed by atoms with Crippen LogP contribution in [-0.4, -0.2) is 30.6 Å². The van der Waals surface area contributed by atoms with Gasteiger partial charge in [-0.05, 0) is 50.8 Å². The molecule has 1 unspecified atom stereocenters. The Balaban J connectivity index is 2.11. The number of amides is 2. The Morgan fingerprint density at radius 1 is 1.42 bits per heavy atom. The van der Waals surface area contributed by atoms with E-state index in [2.05, 4.69) is 12.2 Å². The van der Waals surface area contributed by atoms with Crippen LogP contribution in [0.4, 0.5) is 10.5 Å². The molecule has 0 bridgehead atoms. The summed E-state index contributed by atoms with van der Waals surface area (Å²) in [6.45, 7) is 4.94. The number of carbonyl (C=O) groups excluding carboxylic acids is 1. The molecule has 4 heteroatoms. The number of hydrogen-bond acceptors (Lipinski definition) is 2. The Kier molecular flexibility index (Phi) is 4.30. The van der Waals surface area contributed by atoms with E-state index in [0.29, 0.717) is 11.8 Å². The van der Waals surface area contributed by atoms with Crippen molar-refractivity contribution in [3.63, 3.8) is 0 Å². The number of nitrogens with zero attached hydrogens (tertiary/aromatic N) is 1. The van der Waals surface area contributed by atoms with E-state index in [1.54, 1.807) is 7.11 Å². The zero-order valence-corrected chi connectivity index (χ0v) is 11.9. The fourth-order valence-corrected chi connectivity index (χ4v) is 2.51. The van der Waals surface area contributed by atoms with Gasteiger partial charge in [-0.25, -0.2) is 4.79 Å². The average Bonchev–Trinajstić information content (AvgIpc) is 2.39. The first kappa shape index (κ1) is 13.7. The van der Waals surface area contributed by atoms with Crippen molar-refractivity contribution in [2.75, 3.05) is 19.0 Å². The summed E-state index contributed by atoms with van der Waals surface area (Å²) in [5.74, 6) is 0.698. The summed E-state index contributed by atoms with van der Waals surface area (Å²) in [5, 5.41) is 2.96. The number of rotatable bonds is 2. The first-order chi connectivity index (χ1) is 9.11. The average molecular weight is 262 g/mol. The highest BCUT2D eigenvalue weighted by Crippen LogP contribution is 2.26. The van der Waals surface area contributed by atoms with E-state index in [-0.39, 0.29) is 6.03 Å². The van der Waals surface area contributed by atoms with Crippen LogP contribution in [0.1, 0.15) is 31.7 Å². The van der Waals surface area contributed by atoms with Gasteiger partial charge >= 0.3 is 6.03 Å². The molecule has 1 aromatic carbocycles. The third-order valence-corrected chi connectivity index (χ3v) is 3.66. The van der Waals surface area contributed by atoms with Crippen LogP contribution in [0.25, 0.3) is 0 Å². The molecular formula is C15H22N2O2. The third kappa shape index (κ3) is 3.19. The fraction of sp³-hybridized carbons (Fsp3) is 0.533. The molecule has 0 saturated carbocycles. The second-order valence-electron chi connectivity index (χ2n) is 5.17. The Hall–Kier alpha value is -1.71. The lowest BCUT2D eigenvalue weighted by molar-refractivity contribution is 0.170. The van der Waals surface area contributed by atoms with Crippen molar-refractivity contribution in [2.24, 2.45) is 0 Å². The first-order valence-corrected chi connectivity index (χ1v) is 6.84. The van der Waals surface area contributed by atoms with Crippen LogP contribution in [0.5, 0.6) is 5.75 Å². The standard InChI is InChI=1S/C15H22N2O2/c1-11-7-8-14(19-3)13(10-11)16-15(18)17-9-5-4-6-12(17)2/h7-8,10,12H,4-6,9H2,1-3H3,(H,16,18). The molecule has 2 amide bonds. The summed E-state index contributed by atoms with van der Waals surface area (Å²) in [5.41, 5.74) is 1.84. The second kappa shape index (κ2) is 5.95. The highest BCUT2D eigenvalue weighted by Gasteiger charge is 2.23. The second-order valence-corrected chi connectivity index (χ2v) is 5.17. The number of hydrogen-bond donors (Lipinski definition) is 1. The smallest absolute Gasteiger partial charge is 0.322 e. The Morgan fingerprint density at radius 3 is 2.89 bits per heavy atom. The third-order valence-electron chi connectivity index (χ3n) is 3.66. The number of carbonyl (C=O) groups is 1. The van der Waals surface area contributed by atoms with E-state index in [0.717, 1.165) is 30.6 Å². The summed E-state index contributed by atoms with van der Waals surface area (Å²) in [4.78, 5) is 14.2. The number of anilines is 1. The Labute approximate surface area is 114 Å². The molecule has 4 nitrogen and oxygen atoms in total. The van der Waals surface area contributed by atoms with E-state index in [9.17, 15) is 4.79 Å². The highest BCUT2D eigenvalue weighted by molar-refractivity contribution is 5.91. The van der Waals surface area contributed by atoms with Gasteiger partial charge in [0.05, 0.1) is 12.8 Å². The van der Waals surface area contributed by atoms with Gasteiger partial charge in [0, 0.05) is 12.6 Å². The molecule has 0 aromatic heterocycles. The highest BCUT2D eigenvalue weighted by atomic mass is 16.5. The maximum atomic E-state index is 12.3. The van der Waals surface area contributed by atoms with Crippen molar-refractivity contribution in [2.45, 2.75) is 39.2 Å². The molecule has 1 N–H and O–H groups in total. The molecule has 1 aliphatic rings. The maximum Gasteiger partial charge on any atom is 0.322 e. The summed E-state index contributed by atoms with van der Waals surface area (Å²) < 4.78 is 5.28. The van der Waals surface area contributed by atoms with Crippen molar-refractivity contribution < 1.29 is 9.53 Å². The molecule has 0 spiro atoms. The van der Waals surface area contributed by atoms with Crippen LogP contribution >= 0.6 is 0 Å². The van der Waals surface area contributed by atoms with Crippen molar-refractivity contribution in [1.29, 1.82) is 0 Å². The molecule has 2 rings (SSSR count). The van der Waals surface area contributed by atoms with E-state index in [1.165, 1.54) is 6.42 Å². The molecule has 0 radical (unpaired) electrons. The maximum absolute atomic E-state index is 12.3. The SMILES string of the molecule is COc1ccc(C)cc1NC(=O)N1CCCCC1C. The van der Waals surface area contributed by atoms with Gasteiger partial charge in [-0.2, -0.15) is 0 Å². The number of piperidine rings is 1. The zero-order valence-electron chi connectivity index (χ0n) is 11.9. The van der Waals surface area contributed by atoms with Gasteiger partial charge in [-0.1, -0.05) is 6.07 Å². The molecule has 1 aliphatic heterocycles. The van der Waals surface area contributed by atoms with Gasteiger partial charge in [-0.3, -0.25) is 0 Å².